The molecule has 5 nitrogen and oxygen atoms in total. The number of carbonyl (C=O) groups excluding carboxylic acids is 1. The number of carboxylic acid groups (broad SMARTS) is 1. The molecule has 1 aromatic rings. The number of carbonyl (C=O) groups is 2. The zero-order valence-corrected chi connectivity index (χ0v) is 10.9. The minimum atomic E-state index is -0.894. The normalized spacial score (nSPS) is 20.3. The Kier molecular flexibility index (Phi) is 3.15. The number of likely N-dealkylation sites (N-methyl/N-ethyl adjacent to an activating group) is 1. The molecule has 0 spiro atoms. The van der Waals surface area contributed by atoms with Crippen molar-refractivity contribution in [1.82, 2.24) is 9.47 Å². The highest BCUT2D eigenvalue weighted by Gasteiger charge is 2.27. The summed E-state index contributed by atoms with van der Waals surface area (Å²) in [7, 11) is 1.79. The molecule has 18 heavy (non-hydrogen) atoms. The van der Waals surface area contributed by atoms with Gasteiger partial charge in [0.2, 0.25) is 5.91 Å². The molecule has 1 saturated heterocycles. The molecule has 2 heterocycles. The van der Waals surface area contributed by atoms with Crippen LogP contribution >= 0.6 is 0 Å². The molecule has 0 bridgehead atoms. The summed E-state index contributed by atoms with van der Waals surface area (Å²) >= 11 is 0. The van der Waals surface area contributed by atoms with Crippen LogP contribution in [-0.2, 0) is 4.79 Å². The zero-order valence-electron chi connectivity index (χ0n) is 10.9. The van der Waals surface area contributed by atoms with Crippen molar-refractivity contribution in [2.45, 2.75) is 32.7 Å². The Balaban J connectivity index is 2.34. The SMILES string of the molecule is Cc1cc(C(=O)O)c(C)n1C1CCC(=O)N(C)C1. The molecule has 1 aliphatic heterocycles. The fraction of sp³-hybridized carbons (Fsp3) is 0.538. The Morgan fingerprint density at radius 1 is 1.44 bits per heavy atom. The van der Waals surface area contributed by atoms with E-state index in [-0.39, 0.29) is 11.9 Å². The summed E-state index contributed by atoms with van der Waals surface area (Å²) in [6.45, 7) is 4.39. The third-order valence-corrected chi connectivity index (χ3v) is 3.68. The second-order valence-electron chi connectivity index (χ2n) is 4.93. The van der Waals surface area contributed by atoms with Gasteiger partial charge >= 0.3 is 5.97 Å². The van der Waals surface area contributed by atoms with E-state index in [0.717, 1.165) is 17.8 Å². The third kappa shape index (κ3) is 2.00. The topological polar surface area (TPSA) is 62.5 Å². The molecular weight excluding hydrogens is 232 g/mol. The van der Waals surface area contributed by atoms with E-state index in [1.807, 2.05) is 18.4 Å². The Bertz CT molecular complexity index is 505. The first kappa shape index (κ1) is 12.7. The Morgan fingerprint density at radius 2 is 2.11 bits per heavy atom. The quantitative estimate of drug-likeness (QED) is 0.867. The molecule has 98 valence electrons. The molecular formula is C13H18N2O3. The molecule has 1 N–H and O–H groups in total. The maximum absolute atomic E-state index is 11.5. The van der Waals surface area contributed by atoms with Crippen molar-refractivity contribution >= 4 is 11.9 Å². The second kappa shape index (κ2) is 4.48. The number of rotatable bonds is 2. The monoisotopic (exact) mass is 250 g/mol. The third-order valence-electron chi connectivity index (χ3n) is 3.68. The summed E-state index contributed by atoms with van der Waals surface area (Å²) in [6.07, 6.45) is 1.30. The van der Waals surface area contributed by atoms with Crippen molar-refractivity contribution in [1.29, 1.82) is 0 Å². The molecule has 1 aliphatic rings. The van der Waals surface area contributed by atoms with Crippen LogP contribution in [0.15, 0.2) is 6.07 Å². The minimum Gasteiger partial charge on any atom is -0.478 e. The van der Waals surface area contributed by atoms with Crippen LogP contribution in [0.25, 0.3) is 0 Å². The van der Waals surface area contributed by atoms with Gasteiger partial charge < -0.3 is 14.6 Å². The lowest BCUT2D eigenvalue weighted by Crippen LogP contribution is -2.38. The average Bonchev–Trinajstić information content (AvgIpc) is 2.59. The summed E-state index contributed by atoms with van der Waals surface area (Å²) in [5, 5.41) is 9.12. The van der Waals surface area contributed by atoms with Crippen LogP contribution in [-0.4, -0.2) is 40.0 Å². The first-order valence-electron chi connectivity index (χ1n) is 6.07. The molecule has 1 amide bonds. The van der Waals surface area contributed by atoms with Gasteiger partial charge in [-0.3, -0.25) is 4.79 Å². The highest BCUT2D eigenvalue weighted by molar-refractivity contribution is 5.89. The van der Waals surface area contributed by atoms with Crippen molar-refractivity contribution in [3.63, 3.8) is 0 Å². The predicted octanol–water partition coefficient (Wildman–Crippen LogP) is 1.60. The van der Waals surface area contributed by atoms with Gasteiger partial charge in [0.25, 0.3) is 0 Å². The fourth-order valence-corrected chi connectivity index (χ4v) is 2.76. The second-order valence-corrected chi connectivity index (χ2v) is 4.93. The summed E-state index contributed by atoms with van der Waals surface area (Å²) in [6, 6.07) is 1.88. The van der Waals surface area contributed by atoms with Gasteiger partial charge in [0.1, 0.15) is 0 Å². The fourth-order valence-electron chi connectivity index (χ4n) is 2.76. The van der Waals surface area contributed by atoms with Crippen molar-refractivity contribution in [2.24, 2.45) is 0 Å². The first-order chi connectivity index (χ1) is 8.41. The van der Waals surface area contributed by atoms with E-state index in [0.29, 0.717) is 18.5 Å². The number of hydrogen-bond acceptors (Lipinski definition) is 2. The van der Waals surface area contributed by atoms with Crippen LogP contribution < -0.4 is 0 Å². The highest BCUT2D eigenvalue weighted by Crippen LogP contribution is 2.27. The van der Waals surface area contributed by atoms with Crippen LogP contribution in [0.4, 0.5) is 0 Å². The zero-order chi connectivity index (χ0) is 13.4. The van der Waals surface area contributed by atoms with Crippen LogP contribution in [0.5, 0.6) is 0 Å². The van der Waals surface area contributed by atoms with Crippen molar-refractivity contribution in [3.8, 4) is 0 Å². The number of aromatic carboxylic acids is 1. The van der Waals surface area contributed by atoms with E-state index >= 15 is 0 Å². The van der Waals surface area contributed by atoms with Gasteiger partial charge in [-0.1, -0.05) is 0 Å². The lowest BCUT2D eigenvalue weighted by Gasteiger charge is -2.32. The van der Waals surface area contributed by atoms with E-state index < -0.39 is 5.97 Å². The lowest BCUT2D eigenvalue weighted by atomic mass is 10.0. The molecule has 0 saturated carbocycles. The van der Waals surface area contributed by atoms with E-state index in [9.17, 15) is 9.59 Å². The van der Waals surface area contributed by atoms with Gasteiger partial charge in [-0.2, -0.15) is 0 Å². The number of aryl methyl sites for hydroxylation is 1. The van der Waals surface area contributed by atoms with Gasteiger partial charge in [-0.25, -0.2) is 4.79 Å². The van der Waals surface area contributed by atoms with Crippen molar-refractivity contribution < 1.29 is 14.7 Å². The number of piperidine rings is 1. The number of likely N-dealkylation sites (tertiary alicyclic amines) is 1. The number of hydrogen-bond donors (Lipinski definition) is 1. The van der Waals surface area contributed by atoms with Gasteiger partial charge in [0.15, 0.2) is 0 Å². The number of aromatic nitrogens is 1. The predicted molar refractivity (Wildman–Crippen MR) is 66.8 cm³/mol. The largest absolute Gasteiger partial charge is 0.478 e. The Morgan fingerprint density at radius 3 is 2.61 bits per heavy atom. The average molecular weight is 250 g/mol. The molecule has 1 atom stereocenters. The molecule has 1 fully saturated rings. The van der Waals surface area contributed by atoms with Crippen molar-refractivity contribution in [2.75, 3.05) is 13.6 Å². The molecule has 0 aliphatic carbocycles. The number of amides is 1. The summed E-state index contributed by atoms with van der Waals surface area (Å²) in [4.78, 5) is 24.3. The van der Waals surface area contributed by atoms with Gasteiger partial charge in [0, 0.05) is 31.4 Å². The summed E-state index contributed by atoms with van der Waals surface area (Å²) in [5.41, 5.74) is 2.07. The first-order valence-corrected chi connectivity index (χ1v) is 6.07. The summed E-state index contributed by atoms with van der Waals surface area (Å²) < 4.78 is 2.05. The Hall–Kier alpha value is -1.78. The highest BCUT2D eigenvalue weighted by atomic mass is 16.4. The minimum absolute atomic E-state index is 0.159. The molecule has 5 heteroatoms. The molecule has 1 aromatic heterocycles. The van der Waals surface area contributed by atoms with Crippen LogP contribution in [0.3, 0.4) is 0 Å². The molecule has 0 radical (unpaired) electrons. The maximum Gasteiger partial charge on any atom is 0.337 e. The van der Waals surface area contributed by atoms with E-state index in [2.05, 4.69) is 0 Å². The van der Waals surface area contributed by atoms with Gasteiger partial charge in [-0.15, -0.1) is 0 Å². The van der Waals surface area contributed by atoms with Gasteiger partial charge in [0.05, 0.1) is 11.6 Å². The van der Waals surface area contributed by atoms with Crippen LogP contribution in [0, 0.1) is 13.8 Å². The summed E-state index contributed by atoms with van der Waals surface area (Å²) in [5.74, 6) is -0.734. The Labute approximate surface area is 106 Å². The molecule has 2 rings (SSSR count). The van der Waals surface area contributed by atoms with Gasteiger partial charge in [-0.05, 0) is 26.3 Å². The standard InChI is InChI=1S/C13H18N2O3/c1-8-6-11(13(17)18)9(2)15(8)10-4-5-12(16)14(3)7-10/h6,10H,4-5,7H2,1-3H3,(H,17,18). The molecule has 0 aromatic carbocycles. The maximum atomic E-state index is 11.5. The van der Waals surface area contributed by atoms with E-state index in [4.69, 9.17) is 5.11 Å². The van der Waals surface area contributed by atoms with E-state index in [1.165, 1.54) is 0 Å². The van der Waals surface area contributed by atoms with Crippen LogP contribution in [0.2, 0.25) is 0 Å². The number of nitrogens with zero attached hydrogens (tertiary/aromatic N) is 2. The van der Waals surface area contributed by atoms with Crippen molar-refractivity contribution in [3.05, 3.63) is 23.0 Å². The molecule has 1 unspecified atom stereocenters. The van der Waals surface area contributed by atoms with Crippen LogP contribution in [0.1, 0.15) is 40.6 Å². The number of carboxylic acids is 1. The van der Waals surface area contributed by atoms with E-state index in [1.54, 1.807) is 18.0 Å². The lowest BCUT2D eigenvalue weighted by molar-refractivity contribution is -0.132. The smallest absolute Gasteiger partial charge is 0.337 e.